The lowest BCUT2D eigenvalue weighted by molar-refractivity contribution is 0.0631. The van der Waals surface area contributed by atoms with E-state index in [4.69, 9.17) is 22.9 Å². The lowest BCUT2D eigenvalue weighted by Gasteiger charge is -2.52. The lowest BCUT2D eigenvalue weighted by Crippen LogP contribution is -2.72. The van der Waals surface area contributed by atoms with Crippen molar-refractivity contribution in [2.24, 2.45) is 28.9 Å². The number of nitrogens with two attached hydrogens (primary N) is 4. The van der Waals surface area contributed by atoms with Gasteiger partial charge in [0.2, 0.25) is 0 Å². The van der Waals surface area contributed by atoms with Gasteiger partial charge in [-0.25, -0.2) is 0 Å². The van der Waals surface area contributed by atoms with E-state index in [1.165, 1.54) is 12.8 Å². The molecule has 94 valence electrons. The largest absolute Gasteiger partial charge is 0.326 e. The molecule has 2 aliphatic carbocycles. The van der Waals surface area contributed by atoms with E-state index in [1.54, 1.807) is 0 Å². The predicted octanol–water partition coefficient (Wildman–Crippen LogP) is 0.389. The minimum atomic E-state index is -0.609. The van der Waals surface area contributed by atoms with Crippen LogP contribution in [0, 0.1) is 5.92 Å². The van der Waals surface area contributed by atoms with Crippen LogP contribution in [0.3, 0.4) is 0 Å². The van der Waals surface area contributed by atoms with Crippen LogP contribution in [-0.4, -0.2) is 17.2 Å². The van der Waals surface area contributed by atoms with Crippen LogP contribution in [0.15, 0.2) is 0 Å². The van der Waals surface area contributed by atoms with Gasteiger partial charge in [0.05, 0.1) is 5.66 Å². The fourth-order valence-electron chi connectivity index (χ4n) is 3.67. The van der Waals surface area contributed by atoms with E-state index in [0.717, 1.165) is 38.5 Å². The third kappa shape index (κ3) is 1.99. The zero-order valence-corrected chi connectivity index (χ0v) is 10.1. The Bertz CT molecular complexity index is 253. The summed E-state index contributed by atoms with van der Waals surface area (Å²) in [5.74, 6) is 0.184. The SMILES string of the molecule is NC1CCCCC1(N)C1CCCCC1(N)N. The van der Waals surface area contributed by atoms with Crippen LogP contribution in [0.5, 0.6) is 0 Å². The summed E-state index contributed by atoms with van der Waals surface area (Å²) in [4.78, 5) is 0. The van der Waals surface area contributed by atoms with Crippen molar-refractivity contribution in [2.75, 3.05) is 0 Å². The summed E-state index contributed by atoms with van der Waals surface area (Å²) in [7, 11) is 0. The van der Waals surface area contributed by atoms with Crippen LogP contribution < -0.4 is 22.9 Å². The smallest absolute Gasteiger partial charge is 0.0683 e. The van der Waals surface area contributed by atoms with Crippen molar-refractivity contribution in [2.45, 2.75) is 68.6 Å². The highest BCUT2D eigenvalue weighted by Crippen LogP contribution is 2.41. The van der Waals surface area contributed by atoms with E-state index in [2.05, 4.69) is 0 Å². The number of rotatable bonds is 1. The van der Waals surface area contributed by atoms with E-state index in [1.807, 2.05) is 0 Å². The first-order chi connectivity index (χ1) is 7.47. The highest BCUT2D eigenvalue weighted by molar-refractivity contribution is 5.09. The van der Waals surface area contributed by atoms with Gasteiger partial charge in [0.15, 0.2) is 0 Å². The maximum atomic E-state index is 6.57. The van der Waals surface area contributed by atoms with Gasteiger partial charge in [-0.05, 0) is 25.7 Å². The quantitative estimate of drug-likeness (QED) is 0.485. The Morgan fingerprint density at radius 3 is 2.06 bits per heavy atom. The van der Waals surface area contributed by atoms with Crippen LogP contribution in [-0.2, 0) is 0 Å². The molecular weight excluding hydrogens is 200 g/mol. The molecule has 16 heavy (non-hydrogen) atoms. The van der Waals surface area contributed by atoms with Gasteiger partial charge in [-0.2, -0.15) is 0 Å². The van der Waals surface area contributed by atoms with Gasteiger partial charge in [-0.15, -0.1) is 0 Å². The molecule has 8 N–H and O–H groups in total. The fraction of sp³-hybridized carbons (Fsp3) is 1.00. The van der Waals surface area contributed by atoms with Gasteiger partial charge in [0.25, 0.3) is 0 Å². The zero-order chi connectivity index (χ0) is 11.8. The summed E-state index contributed by atoms with van der Waals surface area (Å²) in [6.45, 7) is 0. The lowest BCUT2D eigenvalue weighted by atomic mass is 9.62. The first-order valence-electron chi connectivity index (χ1n) is 6.59. The normalized spacial score (nSPS) is 44.2. The minimum Gasteiger partial charge on any atom is -0.326 e. The summed E-state index contributed by atoms with van der Waals surface area (Å²) < 4.78 is 0. The Hall–Kier alpha value is -0.160. The van der Waals surface area contributed by atoms with Crippen molar-refractivity contribution >= 4 is 0 Å². The maximum Gasteiger partial charge on any atom is 0.0683 e. The van der Waals surface area contributed by atoms with Gasteiger partial charge in [0.1, 0.15) is 0 Å². The summed E-state index contributed by atoms with van der Waals surface area (Å²) >= 11 is 0. The second kappa shape index (κ2) is 4.26. The molecule has 2 rings (SSSR count). The van der Waals surface area contributed by atoms with Crippen molar-refractivity contribution in [1.82, 2.24) is 0 Å². The third-order valence-corrected chi connectivity index (χ3v) is 4.72. The standard InChI is InChI=1S/C12H26N4/c13-10-6-2-3-7-11(10,14)9-5-1-4-8-12(9,15)16/h9-10H,1-8,13-16H2. The zero-order valence-electron chi connectivity index (χ0n) is 10.1. The summed E-state index contributed by atoms with van der Waals surface area (Å²) in [6, 6.07) is 0.0656. The van der Waals surface area contributed by atoms with Crippen LogP contribution in [0.4, 0.5) is 0 Å². The summed E-state index contributed by atoms with van der Waals surface area (Å²) in [6.07, 6.45) is 8.58. The van der Waals surface area contributed by atoms with Gasteiger partial charge in [-0.3, -0.25) is 0 Å². The Labute approximate surface area is 98.1 Å². The highest BCUT2D eigenvalue weighted by Gasteiger charge is 2.49. The first kappa shape index (κ1) is 12.3. The molecule has 0 bridgehead atoms. The van der Waals surface area contributed by atoms with Gasteiger partial charge < -0.3 is 22.9 Å². The summed E-state index contributed by atoms with van der Waals surface area (Å²) in [5, 5.41) is 0. The molecule has 4 nitrogen and oxygen atoms in total. The monoisotopic (exact) mass is 226 g/mol. The topological polar surface area (TPSA) is 104 Å². The van der Waals surface area contributed by atoms with Crippen molar-refractivity contribution in [1.29, 1.82) is 0 Å². The Balaban J connectivity index is 2.20. The van der Waals surface area contributed by atoms with Crippen LogP contribution in [0.1, 0.15) is 51.4 Å². The maximum absolute atomic E-state index is 6.57. The molecular formula is C12H26N4. The molecule has 0 aromatic carbocycles. The van der Waals surface area contributed by atoms with Crippen molar-refractivity contribution in [3.8, 4) is 0 Å². The van der Waals surface area contributed by atoms with Crippen molar-refractivity contribution in [3.05, 3.63) is 0 Å². The van der Waals surface area contributed by atoms with E-state index in [-0.39, 0.29) is 17.5 Å². The van der Waals surface area contributed by atoms with E-state index >= 15 is 0 Å². The Kier molecular flexibility index (Phi) is 3.27. The molecule has 2 aliphatic rings. The Morgan fingerprint density at radius 1 is 0.812 bits per heavy atom. The Morgan fingerprint density at radius 2 is 1.44 bits per heavy atom. The van der Waals surface area contributed by atoms with Crippen LogP contribution >= 0.6 is 0 Å². The van der Waals surface area contributed by atoms with Crippen LogP contribution in [0.25, 0.3) is 0 Å². The first-order valence-corrected chi connectivity index (χ1v) is 6.59. The molecule has 2 fully saturated rings. The van der Waals surface area contributed by atoms with Gasteiger partial charge in [0, 0.05) is 17.5 Å². The minimum absolute atomic E-state index is 0.0656. The molecule has 0 aromatic rings. The average Bonchev–Trinajstić information content (AvgIpc) is 2.22. The predicted molar refractivity (Wildman–Crippen MR) is 66.4 cm³/mol. The molecule has 0 radical (unpaired) electrons. The molecule has 4 heteroatoms. The van der Waals surface area contributed by atoms with E-state index < -0.39 is 5.66 Å². The molecule has 0 amide bonds. The molecule has 0 heterocycles. The fourth-order valence-corrected chi connectivity index (χ4v) is 3.67. The molecule has 3 atom stereocenters. The molecule has 2 saturated carbocycles. The van der Waals surface area contributed by atoms with Gasteiger partial charge >= 0.3 is 0 Å². The van der Waals surface area contributed by atoms with E-state index in [9.17, 15) is 0 Å². The third-order valence-electron chi connectivity index (χ3n) is 4.72. The second-order valence-corrected chi connectivity index (χ2v) is 5.88. The molecule has 0 saturated heterocycles. The summed E-state index contributed by atoms with van der Waals surface area (Å²) in [5.41, 5.74) is 24.3. The average molecular weight is 226 g/mol. The second-order valence-electron chi connectivity index (χ2n) is 5.88. The number of hydrogen-bond donors (Lipinski definition) is 4. The van der Waals surface area contributed by atoms with Crippen molar-refractivity contribution < 1.29 is 0 Å². The highest BCUT2D eigenvalue weighted by atomic mass is 15.0. The van der Waals surface area contributed by atoms with Gasteiger partial charge in [-0.1, -0.05) is 25.7 Å². The van der Waals surface area contributed by atoms with Crippen molar-refractivity contribution in [3.63, 3.8) is 0 Å². The molecule has 0 aromatic heterocycles. The number of hydrogen-bond acceptors (Lipinski definition) is 4. The molecule has 3 unspecified atom stereocenters. The van der Waals surface area contributed by atoms with Crippen LogP contribution in [0.2, 0.25) is 0 Å². The molecule has 0 spiro atoms. The van der Waals surface area contributed by atoms with E-state index in [0.29, 0.717) is 0 Å². The molecule has 0 aliphatic heterocycles.